The van der Waals surface area contributed by atoms with E-state index in [1.807, 2.05) is 18.2 Å². The van der Waals surface area contributed by atoms with Gasteiger partial charge >= 0.3 is 0 Å². The van der Waals surface area contributed by atoms with Gasteiger partial charge in [-0.2, -0.15) is 5.26 Å². The normalized spacial score (nSPS) is 14.1. The summed E-state index contributed by atoms with van der Waals surface area (Å²) in [6.45, 7) is 5.41. The van der Waals surface area contributed by atoms with Gasteiger partial charge in [0.05, 0.1) is 38.1 Å². The maximum Gasteiger partial charge on any atom is 0.203 e. The Balaban J connectivity index is 1.43. The number of nitrogens with one attached hydrogen (secondary N) is 1. The van der Waals surface area contributed by atoms with Crippen molar-refractivity contribution in [1.82, 2.24) is 14.8 Å². The molecular weight excluding hydrogens is 490 g/mol. The standard InChI is InChI=1S/C31H33N5O3/c1-35-11-13-36(14-12-35)20-21-5-7-22(8-6-21)23-9-10-26-27(15-23)33-19-24(18-32)30(26)34-25-16-28(37-2)31(39-4)29(17-25)38-3/h5-10,15-17,19H,11-14,20H2,1-4H3,(H,33,34). The first-order valence-electron chi connectivity index (χ1n) is 12.9. The predicted octanol–water partition coefficient (Wildman–Crippen LogP) is 5.29. The van der Waals surface area contributed by atoms with Crippen molar-refractivity contribution < 1.29 is 14.2 Å². The minimum Gasteiger partial charge on any atom is -0.493 e. The van der Waals surface area contributed by atoms with Crippen molar-refractivity contribution in [1.29, 1.82) is 5.26 Å². The van der Waals surface area contributed by atoms with Crippen LogP contribution in [0.1, 0.15) is 11.1 Å². The van der Waals surface area contributed by atoms with E-state index >= 15 is 0 Å². The van der Waals surface area contributed by atoms with Crippen LogP contribution in [0.5, 0.6) is 17.2 Å². The van der Waals surface area contributed by atoms with Crippen molar-refractivity contribution in [2.75, 3.05) is 59.9 Å². The van der Waals surface area contributed by atoms with Crippen LogP contribution in [0, 0.1) is 11.3 Å². The fourth-order valence-electron chi connectivity index (χ4n) is 4.96. The fourth-order valence-corrected chi connectivity index (χ4v) is 4.96. The topological polar surface area (TPSA) is 82.9 Å². The number of fused-ring (bicyclic) bond motifs is 1. The summed E-state index contributed by atoms with van der Waals surface area (Å²) >= 11 is 0. The van der Waals surface area contributed by atoms with E-state index in [4.69, 9.17) is 14.2 Å². The molecule has 0 spiro atoms. The number of piperazine rings is 1. The lowest BCUT2D eigenvalue weighted by atomic mass is 10.0. The Bertz CT molecular complexity index is 1480. The minimum absolute atomic E-state index is 0.442. The van der Waals surface area contributed by atoms with E-state index in [-0.39, 0.29) is 0 Å². The molecule has 0 unspecified atom stereocenters. The highest BCUT2D eigenvalue weighted by Gasteiger charge is 2.17. The Kier molecular flexibility index (Phi) is 7.82. The van der Waals surface area contributed by atoms with Gasteiger partial charge in [-0.1, -0.05) is 36.4 Å². The average molecular weight is 524 g/mol. The van der Waals surface area contributed by atoms with E-state index in [1.165, 1.54) is 5.56 Å². The molecule has 3 aromatic carbocycles. The fraction of sp³-hybridized carbons (Fsp3) is 0.290. The van der Waals surface area contributed by atoms with Gasteiger partial charge in [0, 0.05) is 62.1 Å². The van der Waals surface area contributed by atoms with E-state index < -0.39 is 0 Å². The number of nitriles is 1. The van der Waals surface area contributed by atoms with Crippen molar-refractivity contribution in [2.45, 2.75) is 6.54 Å². The van der Waals surface area contributed by atoms with Crippen molar-refractivity contribution in [2.24, 2.45) is 0 Å². The van der Waals surface area contributed by atoms with Crippen LogP contribution >= 0.6 is 0 Å². The highest BCUT2D eigenvalue weighted by atomic mass is 16.5. The van der Waals surface area contributed by atoms with Gasteiger partial charge in [0.25, 0.3) is 0 Å². The van der Waals surface area contributed by atoms with Gasteiger partial charge < -0.3 is 24.4 Å². The molecule has 0 atom stereocenters. The van der Waals surface area contributed by atoms with Gasteiger partial charge in [0.2, 0.25) is 5.75 Å². The first kappa shape index (κ1) is 26.3. The molecule has 0 saturated carbocycles. The lowest BCUT2D eigenvalue weighted by Gasteiger charge is -2.32. The Labute approximate surface area is 229 Å². The molecule has 1 fully saturated rings. The van der Waals surface area contributed by atoms with Gasteiger partial charge in [-0.25, -0.2) is 0 Å². The van der Waals surface area contributed by atoms with Crippen molar-refractivity contribution in [3.63, 3.8) is 0 Å². The van der Waals surface area contributed by atoms with Gasteiger partial charge in [-0.15, -0.1) is 0 Å². The average Bonchev–Trinajstić information content (AvgIpc) is 2.98. The molecule has 0 radical (unpaired) electrons. The molecule has 1 aliphatic heterocycles. The molecule has 0 amide bonds. The number of aromatic nitrogens is 1. The zero-order chi connectivity index (χ0) is 27.4. The molecule has 1 aliphatic rings. The molecule has 8 nitrogen and oxygen atoms in total. The largest absolute Gasteiger partial charge is 0.493 e. The second-order valence-corrected chi connectivity index (χ2v) is 9.71. The Morgan fingerprint density at radius 1 is 0.872 bits per heavy atom. The summed E-state index contributed by atoms with van der Waals surface area (Å²) in [6, 6.07) is 20.8. The zero-order valence-electron chi connectivity index (χ0n) is 22.8. The van der Waals surface area contributed by atoms with Gasteiger partial charge in [-0.05, 0) is 29.8 Å². The van der Waals surface area contributed by atoms with E-state index in [1.54, 1.807) is 27.5 Å². The van der Waals surface area contributed by atoms with Crippen LogP contribution in [0.2, 0.25) is 0 Å². The van der Waals surface area contributed by atoms with Crippen molar-refractivity contribution in [3.05, 3.63) is 71.9 Å². The van der Waals surface area contributed by atoms with Gasteiger partial charge in [0.1, 0.15) is 6.07 Å². The Morgan fingerprint density at radius 3 is 2.15 bits per heavy atom. The molecule has 1 N–H and O–H groups in total. The van der Waals surface area contributed by atoms with Crippen molar-refractivity contribution in [3.8, 4) is 34.4 Å². The molecular formula is C31H33N5O3. The van der Waals surface area contributed by atoms with Crippen LogP contribution < -0.4 is 19.5 Å². The van der Waals surface area contributed by atoms with Crippen LogP contribution in [-0.4, -0.2) is 69.3 Å². The number of hydrogen-bond donors (Lipinski definition) is 1. The zero-order valence-corrected chi connectivity index (χ0v) is 22.8. The first-order valence-corrected chi connectivity index (χ1v) is 12.9. The smallest absolute Gasteiger partial charge is 0.203 e. The summed E-state index contributed by atoms with van der Waals surface area (Å²) in [7, 11) is 6.89. The molecule has 0 bridgehead atoms. The highest BCUT2D eigenvalue weighted by molar-refractivity contribution is 5.98. The molecule has 0 aliphatic carbocycles. The predicted molar refractivity (Wildman–Crippen MR) is 154 cm³/mol. The van der Waals surface area contributed by atoms with E-state index in [9.17, 15) is 5.26 Å². The number of nitrogens with zero attached hydrogens (tertiary/aromatic N) is 4. The molecule has 4 aromatic rings. The molecule has 8 heteroatoms. The molecule has 2 heterocycles. The van der Waals surface area contributed by atoms with Crippen LogP contribution in [-0.2, 0) is 6.54 Å². The number of ether oxygens (including phenoxy) is 3. The van der Waals surface area contributed by atoms with Crippen LogP contribution in [0.15, 0.2) is 60.8 Å². The van der Waals surface area contributed by atoms with Crippen LogP contribution in [0.4, 0.5) is 11.4 Å². The quantitative estimate of drug-likeness (QED) is 0.334. The van der Waals surface area contributed by atoms with E-state index in [2.05, 4.69) is 69.6 Å². The van der Waals surface area contributed by atoms with E-state index in [0.717, 1.165) is 54.8 Å². The summed E-state index contributed by atoms with van der Waals surface area (Å²) < 4.78 is 16.4. The summed E-state index contributed by atoms with van der Waals surface area (Å²) in [5.74, 6) is 1.55. The number of rotatable bonds is 8. The van der Waals surface area contributed by atoms with Gasteiger partial charge in [0.15, 0.2) is 11.5 Å². The molecule has 5 rings (SSSR count). The number of benzene rings is 3. The second kappa shape index (κ2) is 11.6. The summed E-state index contributed by atoms with van der Waals surface area (Å²) in [4.78, 5) is 9.47. The third-order valence-electron chi connectivity index (χ3n) is 7.21. The Morgan fingerprint density at radius 2 is 1.54 bits per heavy atom. The number of pyridine rings is 1. The minimum atomic E-state index is 0.442. The molecule has 1 aromatic heterocycles. The second-order valence-electron chi connectivity index (χ2n) is 9.71. The van der Waals surface area contributed by atoms with Gasteiger partial charge in [-0.3, -0.25) is 9.88 Å². The van der Waals surface area contributed by atoms with Crippen LogP contribution in [0.3, 0.4) is 0 Å². The number of methoxy groups -OCH3 is 3. The number of likely N-dealkylation sites (N-methyl/N-ethyl adjacent to an activating group) is 1. The summed E-state index contributed by atoms with van der Waals surface area (Å²) in [5, 5.41) is 14.1. The lowest BCUT2D eigenvalue weighted by Crippen LogP contribution is -2.43. The lowest BCUT2D eigenvalue weighted by molar-refractivity contribution is 0.148. The third-order valence-corrected chi connectivity index (χ3v) is 7.21. The first-order chi connectivity index (χ1) is 19.0. The third kappa shape index (κ3) is 5.60. The monoisotopic (exact) mass is 523 g/mol. The Hall–Kier alpha value is -4.32. The van der Waals surface area contributed by atoms with Crippen LogP contribution in [0.25, 0.3) is 22.0 Å². The molecule has 39 heavy (non-hydrogen) atoms. The van der Waals surface area contributed by atoms with Crippen molar-refractivity contribution >= 4 is 22.3 Å². The highest BCUT2D eigenvalue weighted by Crippen LogP contribution is 2.41. The maximum atomic E-state index is 9.82. The maximum absolute atomic E-state index is 9.82. The molecule has 200 valence electrons. The number of anilines is 2. The summed E-state index contributed by atoms with van der Waals surface area (Å²) in [6.07, 6.45) is 1.60. The SMILES string of the molecule is COc1cc(Nc2c(C#N)cnc3cc(-c4ccc(CN5CCN(C)CC5)cc4)ccc23)cc(OC)c1OC. The molecule has 1 saturated heterocycles. The number of hydrogen-bond acceptors (Lipinski definition) is 8. The summed E-state index contributed by atoms with van der Waals surface area (Å²) in [5.41, 5.74) is 6.13. The van der Waals surface area contributed by atoms with E-state index in [0.29, 0.717) is 34.2 Å².